The van der Waals surface area contributed by atoms with Gasteiger partial charge in [-0.1, -0.05) is 205 Å². The highest BCUT2D eigenvalue weighted by atomic mass is 14.9. The van der Waals surface area contributed by atoms with Crippen LogP contribution in [-0.2, 0) is 10.8 Å². The molecule has 1 nitrogen and oxygen atoms in total. The van der Waals surface area contributed by atoms with Gasteiger partial charge < -0.3 is 4.48 Å². The molecular weight excluding hydrogens is 745 g/mol. The quantitative estimate of drug-likeness (QED) is 0.0950. The van der Waals surface area contributed by atoms with Gasteiger partial charge in [-0.3, -0.25) is 0 Å². The largest absolute Gasteiger partial charge is 0.375 e. The van der Waals surface area contributed by atoms with Crippen molar-refractivity contribution in [2.75, 3.05) is 0 Å². The summed E-state index contributed by atoms with van der Waals surface area (Å²) in [7, 11) is 0. The number of hydrogen-bond donors (Lipinski definition) is 0. The molecule has 10 aromatic rings. The molecule has 2 heteroatoms. The first-order chi connectivity index (χ1) is 30.0. The van der Waals surface area contributed by atoms with E-state index in [4.69, 9.17) is 0 Å². The van der Waals surface area contributed by atoms with E-state index in [1.54, 1.807) is 0 Å². The Bertz CT molecular complexity index is 3360. The van der Waals surface area contributed by atoms with E-state index >= 15 is 0 Å². The summed E-state index contributed by atoms with van der Waals surface area (Å²) in [6.45, 7) is 14.2. The van der Waals surface area contributed by atoms with Crippen molar-refractivity contribution in [3.63, 3.8) is 0 Å². The van der Waals surface area contributed by atoms with Gasteiger partial charge >= 0.3 is 6.85 Å². The molecule has 62 heavy (non-hydrogen) atoms. The highest BCUT2D eigenvalue weighted by Crippen LogP contribution is 2.46. The molecule has 0 N–H and O–H groups in total. The fourth-order valence-electron chi connectivity index (χ4n) is 11.2. The third-order valence-electron chi connectivity index (χ3n) is 14.3. The summed E-state index contributed by atoms with van der Waals surface area (Å²) in [4.78, 5) is 0. The van der Waals surface area contributed by atoms with E-state index in [1.807, 2.05) is 0 Å². The first-order valence-electron chi connectivity index (χ1n) is 22.4. The Labute approximate surface area is 365 Å². The lowest BCUT2D eigenvalue weighted by Crippen LogP contribution is -2.57. The number of nitrogens with zero attached hydrogens (tertiary/aromatic N) is 1. The summed E-state index contributed by atoms with van der Waals surface area (Å²) in [5.41, 5.74) is 19.1. The molecule has 298 valence electrons. The average Bonchev–Trinajstić information content (AvgIpc) is 3.61. The van der Waals surface area contributed by atoms with Crippen LogP contribution in [0.2, 0.25) is 0 Å². The number of rotatable bonds is 4. The summed E-state index contributed by atoms with van der Waals surface area (Å²) in [6.07, 6.45) is 0. The minimum absolute atomic E-state index is 0.00193. The molecule has 0 amide bonds. The highest BCUT2D eigenvalue weighted by Gasteiger charge is 2.43. The van der Waals surface area contributed by atoms with Crippen molar-refractivity contribution in [3.8, 4) is 11.1 Å². The van der Waals surface area contributed by atoms with Crippen LogP contribution in [0, 0.1) is 0 Å². The summed E-state index contributed by atoms with van der Waals surface area (Å²) in [5.74, 6) is 0.215. The fraction of sp³-hybridized carbons (Fsp3) is 0.167. The monoisotopic (exact) mass is 795 g/mol. The molecule has 0 saturated heterocycles. The molecule has 12 rings (SSSR count). The Morgan fingerprint density at radius 1 is 0.452 bits per heavy atom. The summed E-state index contributed by atoms with van der Waals surface area (Å²) in [5, 5.41) is 7.77. The van der Waals surface area contributed by atoms with Gasteiger partial charge in [0.1, 0.15) is 0 Å². The zero-order valence-corrected chi connectivity index (χ0v) is 36.5. The first-order valence-corrected chi connectivity index (χ1v) is 22.4. The van der Waals surface area contributed by atoms with Gasteiger partial charge in [0, 0.05) is 39.2 Å². The molecule has 0 saturated carbocycles. The third kappa shape index (κ3) is 5.62. The number of aromatic nitrogens is 1. The van der Waals surface area contributed by atoms with Crippen molar-refractivity contribution in [1.29, 1.82) is 0 Å². The van der Waals surface area contributed by atoms with Gasteiger partial charge in [-0.2, -0.15) is 0 Å². The molecule has 9 aromatic carbocycles. The Morgan fingerprint density at radius 2 is 1.05 bits per heavy atom. The third-order valence-corrected chi connectivity index (χ3v) is 14.3. The molecule has 0 fully saturated rings. The van der Waals surface area contributed by atoms with Crippen molar-refractivity contribution < 1.29 is 0 Å². The molecule has 3 heterocycles. The van der Waals surface area contributed by atoms with Crippen LogP contribution in [0.3, 0.4) is 0 Å². The summed E-state index contributed by atoms with van der Waals surface area (Å²) in [6, 6.07) is 69.9. The van der Waals surface area contributed by atoms with E-state index in [9.17, 15) is 0 Å². The molecule has 2 aliphatic heterocycles. The number of para-hydroxylation sites is 2. The van der Waals surface area contributed by atoms with Crippen LogP contribution in [0.4, 0.5) is 0 Å². The minimum Gasteiger partial charge on any atom is -0.375 e. The van der Waals surface area contributed by atoms with Crippen molar-refractivity contribution in [2.45, 2.75) is 64.2 Å². The van der Waals surface area contributed by atoms with E-state index in [0.29, 0.717) is 0 Å². The van der Waals surface area contributed by atoms with Gasteiger partial charge in [-0.15, -0.1) is 0 Å². The maximum atomic E-state index is 2.70. The lowest BCUT2D eigenvalue weighted by molar-refractivity contribution is 0.566. The molecule has 1 atom stereocenters. The van der Waals surface area contributed by atoms with Gasteiger partial charge in [0.2, 0.25) is 0 Å². The summed E-state index contributed by atoms with van der Waals surface area (Å²) >= 11 is 0. The predicted octanol–water partition coefficient (Wildman–Crippen LogP) is 14.0. The standard InChI is InChI=1S/C60H50BN/c1-59(2,3)45-32-44(33-46(36-45)60(4,5)6)56-51-25-15-22-48-50-24-16-23-49-47-21-13-14-26-54(47)62(58(49)50)61(57(48)51)53-35-43-31-41-30-40(28-27-39(41)29-42(43)34-52(53)56)55(37-17-9-7-10-18-37)38-19-11-8-12-20-38/h7-36,55-56H,1-6H3. The predicted molar refractivity (Wildman–Crippen MR) is 265 cm³/mol. The number of fused-ring (bicyclic) bond motifs is 9. The SMILES string of the molecule is CC(C)(C)c1cc(C2c3cc4cc5ccc(C(c6ccccc6)c6ccccc6)cc5cc4cc3B3c4c(cccc42)-c2cccc4c5ccccc5n3c24)cc(C(C)(C)C)c1. The first kappa shape index (κ1) is 37.2. The van der Waals surface area contributed by atoms with Crippen LogP contribution >= 0.6 is 0 Å². The average molecular weight is 796 g/mol. The molecule has 0 aliphatic carbocycles. The molecule has 2 aliphatic rings. The smallest absolute Gasteiger partial charge is 0.329 e. The zero-order chi connectivity index (χ0) is 42.1. The molecular formula is C60H50BN. The molecule has 1 aromatic heterocycles. The normalized spacial score (nSPS) is 14.6. The summed E-state index contributed by atoms with van der Waals surface area (Å²) < 4.78 is 2.70. The Hall–Kier alpha value is -6.64. The second kappa shape index (κ2) is 13.4. The van der Waals surface area contributed by atoms with Crippen LogP contribution < -0.4 is 10.9 Å². The Morgan fingerprint density at radius 3 is 1.76 bits per heavy atom. The van der Waals surface area contributed by atoms with Crippen LogP contribution in [0.5, 0.6) is 0 Å². The Kier molecular flexibility index (Phi) is 8.05. The molecule has 0 radical (unpaired) electrons. The topological polar surface area (TPSA) is 4.93 Å². The van der Waals surface area contributed by atoms with Gasteiger partial charge in [-0.25, -0.2) is 0 Å². The van der Waals surface area contributed by atoms with Gasteiger partial charge in [-0.05, 0) is 112 Å². The maximum absolute atomic E-state index is 2.70. The minimum atomic E-state index is 0.00193. The second-order valence-electron chi connectivity index (χ2n) is 20.1. The second-order valence-corrected chi connectivity index (χ2v) is 20.1. The van der Waals surface area contributed by atoms with Crippen LogP contribution in [-0.4, -0.2) is 11.3 Å². The Balaban J connectivity index is 1.15. The van der Waals surface area contributed by atoms with E-state index in [2.05, 4.69) is 228 Å². The zero-order valence-electron chi connectivity index (χ0n) is 36.5. The molecule has 0 bridgehead atoms. The molecule has 0 spiro atoms. The van der Waals surface area contributed by atoms with E-state index in [-0.39, 0.29) is 29.5 Å². The van der Waals surface area contributed by atoms with E-state index < -0.39 is 0 Å². The van der Waals surface area contributed by atoms with Crippen LogP contribution in [0.1, 0.15) is 97.9 Å². The molecule has 1 unspecified atom stereocenters. The van der Waals surface area contributed by atoms with Crippen molar-refractivity contribution in [1.82, 2.24) is 4.48 Å². The van der Waals surface area contributed by atoms with E-state index in [0.717, 1.165) is 0 Å². The van der Waals surface area contributed by atoms with E-state index in [1.165, 1.54) is 110 Å². The van der Waals surface area contributed by atoms with Gasteiger partial charge in [0.05, 0.1) is 0 Å². The lowest BCUT2D eigenvalue weighted by atomic mass is 9.41. The number of hydrogen-bond acceptors (Lipinski definition) is 0. The fourth-order valence-corrected chi connectivity index (χ4v) is 11.2. The lowest BCUT2D eigenvalue weighted by Gasteiger charge is -2.39. The van der Waals surface area contributed by atoms with Gasteiger partial charge in [0.25, 0.3) is 0 Å². The maximum Gasteiger partial charge on any atom is 0.329 e. The van der Waals surface area contributed by atoms with Crippen LogP contribution in [0.25, 0.3) is 54.5 Å². The van der Waals surface area contributed by atoms with Crippen molar-refractivity contribution in [2.24, 2.45) is 0 Å². The number of benzene rings is 9. The van der Waals surface area contributed by atoms with Crippen molar-refractivity contribution in [3.05, 3.63) is 226 Å². The van der Waals surface area contributed by atoms with Crippen LogP contribution in [0.15, 0.2) is 182 Å². The van der Waals surface area contributed by atoms with Gasteiger partial charge in [0.15, 0.2) is 0 Å². The van der Waals surface area contributed by atoms with Crippen molar-refractivity contribution >= 4 is 61.1 Å². The highest BCUT2D eigenvalue weighted by molar-refractivity contribution is 6.88.